The van der Waals surface area contributed by atoms with Gasteiger partial charge in [0, 0.05) is 15.6 Å². The second-order valence-electron chi connectivity index (χ2n) is 7.15. The van der Waals surface area contributed by atoms with Crippen LogP contribution in [0, 0.1) is 0 Å². The van der Waals surface area contributed by atoms with Crippen LogP contribution in [-0.2, 0) is 15.9 Å². The molecule has 6 heteroatoms. The zero-order valence-electron chi connectivity index (χ0n) is 14.8. The molecule has 0 spiro atoms. The topological polar surface area (TPSA) is 27.7 Å². The van der Waals surface area contributed by atoms with E-state index in [1.54, 1.807) is 12.1 Å². The Labute approximate surface area is 159 Å². The third-order valence-corrected chi connectivity index (χ3v) is 5.56. The van der Waals surface area contributed by atoms with E-state index in [0.29, 0.717) is 16.7 Å². The first kappa shape index (κ1) is 18.6. The standard InChI is InChI=1S/C19H21BCl2O3/c1-18(2)19(3,4)25-20(24-18)13-8-10-14(11-9-13)23-12-15-16(21)6-5-7-17(15)22/h5-11H,12H2,1-4H3. The van der Waals surface area contributed by atoms with Crippen LogP contribution in [0.1, 0.15) is 33.3 Å². The molecule has 25 heavy (non-hydrogen) atoms. The normalized spacial score (nSPS) is 18.4. The Bertz CT molecular complexity index is 724. The van der Waals surface area contributed by atoms with Gasteiger partial charge in [-0.2, -0.15) is 0 Å². The Kier molecular flexibility index (Phi) is 5.09. The average molecular weight is 379 g/mol. The molecule has 0 N–H and O–H groups in total. The highest BCUT2D eigenvalue weighted by Gasteiger charge is 2.51. The number of hydrogen-bond acceptors (Lipinski definition) is 3. The summed E-state index contributed by atoms with van der Waals surface area (Å²) in [5, 5.41) is 1.20. The van der Waals surface area contributed by atoms with Crippen molar-refractivity contribution in [3.63, 3.8) is 0 Å². The first-order valence-electron chi connectivity index (χ1n) is 8.21. The van der Waals surface area contributed by atoms with Crippen molar-refractivity contribution >= 4 is 35.8 Å². The van der Waals surface area contributed by atoms with Crippen molar-refractivity contribution in [2.45, 2.75) is 45.5 Å². The summed E-state index contributed by atoms with van der Waals surface area (Å²) >= 11 is 12.3. The molecule has 0 unspecified atom stereocenters. The first-order valence-corrected chi connectivity index (χ1v) is 8.96. The van der Waals surface area contributed by atoms with Gasteiger partial charge in [0.1, 0.15) is 12.4 Å². The van der Waals surface area contributed by atoms with Crippen molar-refractivity contribution in [3.05, 3.63) is 58.1 Å². The van der Waals surface area contributed by atoms with Crippen molar-refractivity contribution in [3.8, 4) is 5.75 Å². The predicted octanol–water partition coefficient (Wildman–Crippen LogP) is 4.87. The maximum Gasteiger partial charge on any atom is 0.494 e. The molecule has 3 rings (SSSR count). The van der Waals surface area contributed by atoms with E-state index in [9.17, 15) is 0 Å². The minimum atomic E-state index is -0.378. The molecule has 0 radical (unpaired) electrons. The molecule has 2 aromatic carbocycles. The Morgan fingerprint density at radius 3 is 1.92 bits per heavy atom. The molecule has 1 saturated heterocycles. The van der Waals surface area contributed by atoms with Gasteiger partial charge in [0.15, 0.2) is 0 Å². The van der Waals surface area contributed by atoms with Crippen LogP contribution < -0.4 is 10.2 Å². The van der Waals surface area contributed by atoms with E-state index in [0.717, 1.165) is 16.8 Å². The van der Waals surface area contributed by atoms with Crippen LogP contribution in [0.4, 0.5) is 0 Å². The second kappa shape index (κ2) is 6.84. The molecule has 0 saturated carbocycles. The molecule has 0 bridgehead atoms. The van der Waals surface area contributed by atoms with Gasteiger partial charge in [0.25, 0.3) is 0 Å². The highest BCUT2D eigenvalue weighted by atomic mass is 35.5. The van der Waals surface area contributed by atoms with E-state index in [1.807, 2.05) is 58.0 Å². The highest BCUT2D eigenvalue weighted by molar-refractivity contribution is 6.62. The zero-order valence-corrected chi connectivity index (χ0v) is 16.3. The highest BCUT2D eigenvalue weighted by Crippen LogP contribution is 2.36. The molecule has 0 amide bonds. The van der Waals surface area contributed by atoms with E-state index in [1.165, 1.54) is 0 Å². The van der Waals surface area contributed by atoms with Gasteiger partial charge in [0.2, 0.25) is 0 Å². The van der Waals surface area contributed by atoms with Gasteiger partial charge in [-0.25, -0.2) is 0 Å². The summed E-state index contributed by atoms with van der Waals surface area (Å²) in [6.07, 6.45) is 0. The van der Waals surface area contributed by atoms with E-state index >= 15 is 0 Å². The molecule has 1 aliphatic heterocycles. The predicted molar refractivity (Wildman–Crippen MR) is 103 cm³/mol. The molecule has 1 aliphatic rings. The van der Waals surface area contributed by atoms with Crippen LogP contribution in [0.2, 0.25) is 10.0 Å². The quantitative estimate of drug-likeness (QED) is 0.710. The van der Waals surface area contributed by atoms with Gasteiger partial charge < -0.3 is 14.0 Å². The van der Waals surface area contributed by atoms with Crippen molar-refractivity contribution < 1.29 is 14.0 Å². The van der Waals surface area contributed by atoms with Gasteiger partial charge >= 0.3 is 7.12 Å². The minimum Gasteiger partial charge on any atom is -0.489 e. The van der Waals surface area contributed by atoms with Crippen LogP contribution in [0.5, 0.6) is 5.75 Å². The number of rotatable bonds is 4. The summed E-state index contributed by atoms with van der Waals surface area (Å²) in [6, 6.07) is 13.1. The lowest BCUT2D eigenvalue weighted by Crippen LogP contribution is -2.41. The number of hydrogen-bond donors (Lipinski definition) is 0. The molecule has 2 aromatic rings. The maximum absolute atomic E-state index is 6.16. The van der Waals surface area contributed by atoms with Gasteiger partial charge in [-0.15, -0.1) is 0 Å². The SMILES string of the molecule is CC1(C)OB(c2ccc(OCc3c(Cl)cccc3Cl)cc2)OC1(C)C. The molecule has 1 fully saturated rings. The van der Waals surface area contributed by atoms with E-state index < -0.39 is 0 Å². The number of benzene rings is 2. The number of ether oxygens (including phenoxy) is 1. The average Bonchev–Trinajstić information content (AvgIpc) is 2.75. The first-order chi connectivity index (χ1) is 11.7. The molecule has 132 valence electrons. The Morgan fingerprint density at radius 2 is 1.40 bits per heavy atom. The molecule has 1 heterocycles. The molecular weight excluding hydrogens is 358 g/mol. The monoisotopic (exact) mass is 378 g/mol. The molecule has 0 aromatic heterocycles. The van der Waals surface area contributed by atoms with Crippen molar-refractivity contribution in [1.82, 2.24) is 0 Å². The summed E-state index contributed by atoms with van der Waals surface area (Å²) in [5.74, 6) is 0.733. The van der Waals surface area contributed by atoms with Gasteiger partial charge in [0.05, 0.1) is 11.2 Å². The fourth-order valence-electron chi connectivity index (χ4n) is 2.53. The van der Waals surface area contributed by atoms with Gasteiger partial charge in [-0.3, -0.25) is 0 Å². The summed E-state index contributed by atoms with van der Waals surface area (Å²) < 4.78 is 17.9. The Balaban J connectivity index is 1.67. The van der Waals surface area contributed by atoms with Gasteiger partial charge in [-0.05, 0) is 57.4 Å². The molecule has 0 aliphatic carbocycles. The summed E-state index contributed by atoms with van der Waals surface area (Å²) in [5.41, 5.74) is 1.03. The largest absolute Gasteiger partial charge is 0.494 e. The summed E-state index contributed by atoms with van der Waals surface area (Å²) in [6.45, 7) is 8.47. The van der Waals surface area contributed by atoms with Crippen molar-refractivity contribution in [2.75, 3.05) is 0 Å². The minimum absolute atomic E-state index is 0.314. The van der Waals surface area contributed by atoms with E-state index in [4.69, 9.17) is 37.2 Å². The summed E-state index contributed by atoms with van der Waals surface area (Å²) in [4.78, 5) is 0. The Hall–Kier alpha value is -1.20. The van der Waals surface area contributed by atoms with Crippen LogP contribution >= 0.6 is 23.2 Å². The second-order valence-corrected chi connectivity index (χ2v) is 7.96. The molecule has 0 atom stereocenters. The lowest BCUT2D eigenvalue weighted by Gasteiger charge is -2.32. The zero-order chi connectivity index (χ0) is 18.2. The van der Waals surface area contributed by atoms with Crippen LogP contribution in [0.3, 0.4) is 0 Å². The van der Waals surface area contributed by atoms with Crippen molar-refractivity contribution in [2.24, 2.45) is 0 Å². The fraction of sp³-hybridized carbons (Fsp3) is 0.368. The third kappa shape index (κ3) is 3.82. The number of halogens is 2. The molecule has 3 nitrogen and oxygen atoms in total. The van der Waals surface area contributed by atoms with E-state index in [2.05, 4.69) is 0 Å². The van der Waals surface area contributed by atoms with Crippen LogP contribution in [0.25, 0.3) is 0 Å². The van der Waals surface area contributed by atoms with Gasteiger partial charge in [-0.1, -0.05) is 41.4 Å². The maximum atomic E-state index is 6.16. The smallest absolute Gasteiger partial charge is 0.489 e. The van der Waals surface area contributed by atoms with E-state index in [-0.39, 0.29) is 18.3 Å². The Morgan fingerprint density at radius 1 is 0.880 bits per heavy atom. The lowest BCUT2D eigenvalue weighted by molar-refractivity contribution is 0.00578. The van der Waals surface area contributed by atoms with Crippen LogP contribution in [-0.4, -0.2) is 18.3 Å². The fourth-order valence-corrected chi connectivity index (χ4v) is 3.03. The lowest BCUT2D eigenvalue weighted by atomic mass is 9.79. The molecular formula is C19H21BCl2O3. The van der Waals surface area contributed by atoms with Crippen LogP contribution in [0.15, 0.2) is 42.5 Å². The third-order valence-electron chi connectivity index (χ3n) is 4.85. The van der Waals surface area contributed by atoms with Crippen molar-refractivity contribution in [1.29, 1.82) is 0 Å². The summed E-state index contributed by atoms with van der Waals surface area (Å²) in [7, 11) is -0.378.